The number of aromatic nitrogens is 2. The van der Waals surface area contributed by atoms with Gasteiger partial charge in [-0.25, -0.2) is 0 Å². The van der Waals surface area contributed by atoms with Crippen LogP contribution in [-0.4, -0.2) is 39.0 Å². The molecule has 0 aromatic carbocycles. The number of nitrogens with one attached hydrogen (secondary N) is 1. The van der Waals surface area contributed by atoms with Crippen molar-refractivity contribution >= 4 is 28.3 Å². The second-order valence-corrected chi connectivity index (χ2v) is 6.14. The molecule has 1 atom stereocenters. The minimum Gasteiger partial charge on any atom is -0.337 e. The molecule has 7 heteroatoms. The molecule has 2 heterocycles. The van der Waals surface area contributed by atoms with Crippen LogP contribution < -0.4 is 5.32 Å². The first-order valence-electron chi connectivity index (χ1n) is 5.75. The lowest BCUT2D eigenvalue weighted by Gasteiger charge is -2.31. The van der Waals surface area contributed by atoms with Gasteiger partial charge in [0.05, 0.1) is 5.92 Å². The first-order chi connectivity index (χ1) is 8.38. The Hall–Kier alpha value is -1.50. The molecule has 1 saturated heterocycles. The van der Waals surface area contributed by atoms with Gasteiger partial charge in [0.1, 0.15) is 5.51 Å². The van der Waals surface area contributed by atoms with Gasteiger partial charge in [-0.15, -0.1) is 10.2 Å². The van der Waals surface area contributed by atoms with Crippen LogP contribution in [0.2, 0.25) is 0 Å². The van der Waals surface area contributed by atoms with E-state index < -0.39 is 0 Å². The molecule has 2 rings (SSSR count). The van der Waals surface area contributed by atoms with Gasteiger partial charge in [-0.3, -0.25) is 9.59 Å². The Morgan fingerprint density at radius 3 is 2.78 bits per heavy atom. The van der Waals surface area contributed by atoms with E-state index in [1.807, 2.05) is 20.8 Å². The second kappa shape index (κ2) is 4.64. The third-order valence-corrected chi connectivity index (χ3v) is 3.50. The second-order valence-electron chi connectivity index (χ2n) is 5.31. The highest BCUT2D eigenvalue weighted by Crippen LogP contribution is 2.26. The first-order valence-corrected chi connectivity index (χ1v) is 6.63. The van der Waals surface area contributed by atoms with Gasteiger partial charge in [0.15, 0.2) is 0 Å². The topological polar surface area (TPSA) is 75.2 Å². The number of anilines is 1. The molecule has 1 N–H and O–H groups in total. The third kappa shape index (κ3) is 2.66. The Bertz CT molecular complexity index is 452. The highest BCUT2D eigenvalue weighted by molar-refractivity contribution is 7.13. The van der Waals surface area contributed by atoms with Crippen LogP contribution in [0.4, 0.5) is 5.13 Å². The third-order valence-electron chi connectivity index (χ3n) is 2.90. The molecular weight excluding hydrogens is 252 g/mol. The Balaban J connectivity index is 2.00. The summed E-state index contributed by atoms with van der Waals surface area (Å²) in [6, 6.07) is 0. The fourth-order valence-corrected chi connectivity index (χ4v) is 2.41. The standard InChI is InChI=1S/C11H16N4O2S/c1-11(2,3)15-5-7(4-8(15)16)9(17)13-10-14-12-6-18-10/h6-7H,4-5H2,1-3H3,(H,13,14,17). The van der Waals surface area contributed by atoms with Crippen molar-refractivity contribution in [3.8, 4) is 0 Å². The molecule has 1 unspecified atom stereocenters. The van der Waals surface area contributed by atoms with E-state index >= 15 is 0 Å². The molecule has 1 aliphatic rings. The van der Waals surface area contributed by atoms with Crippen molar-refractivity contribution in [2.75, 3.05) is 11.9 Å². The fraction of sp³-hybridized carbons (Fsp3) is 0.636. The molecule has 0 aliphatic carbocycles. The maximum absolute atomic E-state index is 12.0. The highest BCUT2D eigenvalue weighted by Gasteiger charge is 2.39. The number of rotatable bonds is 2. The SMILES string of the molecule is CC(C)(C)N1CC(C(=O)Nc2nncs2)CC1=O. The summed E-state index contributed by atoms with van der Waals surface area (Å²) in [5, 5.41) is 10.6. The van der Waals surface area contributed by atoms with Crippen LogP contribution in [0.25, 0.3) is 0 Å². The van der Waals surface area contributed by atoms with E-state index in [4.69, 9.17) is 0 Å². The van der Waals surface area contributed by atoms with Gasteiger partial charge in [0.25, 0.3) is 0 Å². The van der Waals surface area contributed by atoms with Gasteiger partial charge in [-0.2, -0.15) is 0 Å². The lowest BCUT2D eigenvalue weighted by atomic mass is 10.1. The van der Waals surface area contributed by atoms with Crippen molar-refractivity contribution < 1.29 is 9.59 Å². The van der Waals surface area contributed by atoms with Crippen LogP contribution in [0.5, 0.6) is 0 Å². The molecule has 0 spiro atoms. The quantitative estimate of drug-likeness (QED) is 0.872. The van der Waals surface area contributed by atoms with Crippen LogP contribution in [0.1, 0.15) is 27.2 Å². The molecule has 98 valence electrons. The van der Waals surface area contributed by atoms with Gasteiger partial charge >= 0.3 is 0 Å². The summed E-state index contributed by atoms with van der Waals surface area (Å²) in [4.78, 5) is 25.6. The van der Waals surface area contributed by atoms with Crippen molar-refractivity contribution in [3.05, 3.63) is 5.51 Å². The highest BCUT2D eigenvalue weighted by atomic mass is 32.1. The number of carbonyl (C=O) groups is 2. The van der Waals surface area contributed by atoms with E-state index in [0.29, 0.717) is 11.7 Å². The van der Waals surface area contributed by atoms with Crippen LogP contribution in [-0.2, 0) is 9.59 Å². The average Bonchev–Trinajstić information content (AvgIpc) is 2.85. The predicted molar refractivity (Wildman–Crippen MR) is 68.1 cm³/mol. The van der Waals surface area contributed by atoms with E-state index in [1.54, 1.807) is 10.4 Å². The van der Waals surface area contributed by atoms with E-state index in [1.165, 1.54) is 11.3 Å². The number of hydrogen-bond donors (Lipinski definition) is 1. The van der Waals surface area contributed by atoms with E-state index in [-0.39, 0.29) is 29.7 Å². The van der Waals surface area contributed by atoms with Gasteiger partial charge in [0, 0.05) is 18.5 Å². The number of carbonyl (C=O) groups excluding carboxylic acids is 2. The molecule has 1 aromatic rings. The zero-order valence-corrected chi connectivity index (χ0v) is 11.5. The molecule has 6 nitrogen and oxygen atoms in total. The zero-order chi connectivity index (χ0) is 13.3. The van der Waals surface area contributed by atoms with E-state index in [9.17, 15) is 9.59 Å². The smallest absolute Gasteiger partial charge is 0.231 e. The van der Waals surface area contributed by atoms with Crippen LogP contribution in [0.15, 0.2) is 5.51 Å². The van der Waals surface area contributed by atoms with Crippen molar-refractivity contribution in [1.29, 1.82) is 0 Å². The summed E-state index contributed by atoms with van der Waals surface area (Å²) in [5.74, 6) is -0.438. The molecule has 2 amide bonds. The summed E-state index contributed by atoms with van der Waals surface area (Å²) in [7, 11) is 0. The van der Waals surface area contributed by atoms with Crippen LogP contribution >= 0.6 is 11.3 Å². The Morgan fingerprint density at radius 1 is 1.56 bits per heavy atom. The molecule has 18 heavy (non-hydrogen) atoms. The summed E-state index contributed by atoms with van der Waals surface area (Å²) in [6.45, 7) is 6.37. The maximum atomic E-state index is 12.0. The lowest BCUT2D eigenvalue weighted by Crippen LogP contribution is -2.42. The molecule has 1 aromatic heterocycles. The first kappa shape index (κ1) is 12.9. The van der Waals surface area contributed by atoms with Gasteiger partial charge in [-0.05, 0) is 20.8 Å². The van der Waals surface area contributed by atoms with Crippen molar-refractivity contribution in [3.63, 3.8) is 0 Å². The van der Waals surface area contributed by atoms with Gasteiger partial charge < -0.3 is 10.2 Å². The van der Waals surface area contributed by atoms with E-state index in [2.05, 4.69) is 15.5 Å². The summed E-state index contributed by atoms with van der Waals surface area (Å²) in [6.07, 6.45) is 0.266. The minimum absolute atomic E-state index is 0.0277. The summed E-state index contributed by atoms with van der Waals surface area (Å²) < 4.78 is 0. The Labute approximate surface area is 109 Å². The molecule has 0 radical (unpaired) electrons. The Morgan fingerprint density at radius 2 is 2.28 bits per heavy atom. The average molecular weight is 268 g/mol. The van der Waals surface area contributed by atoms with Crippen LogP contribution in [0.3, 0.4) is 0 Å². The normalized spacial score (nSPS) is 20.3. The van der Waals surface area contributed by atoms with Gasteiger partial charge in [0.2, 0.25) is 16.9 Å². The molecular formula is C11H16N4O2S. The molecule has 0 saturated carbocycles. The van der Waals surface area contributed by atoms with Crippen LogP contribution in [0, 0.1) is 5.92 Å². The van der Waals surface area contributed by atoms with Crippen molar-refractivity contribution in [2.24, 2.45) is 5.92 Å². The minimum atomic E-state index is -0.305. The number of hydrogen-bond acceptors (Lipinski definition) is 5. The number of likely N-dealkylation sites (tertiary alicyclic amines) is 1. The monoisotopic (exact) mass is 268 g/mol. The maximum Gasteiger partial charge on any atom is 0.231 e. The largest absolute Gasteiger partial charge is 0.337 e. The molecule has 1 aliphatic heterocycles. The Kier molecular flexibility index (Phi) is 3.34. The number of nitrogens with zero attached hydrogens (tertiary/aromatic N) is 3. The molecule has 0 bridgehead atoms. The van der Waals surface area contributed by atoms with Crippen molar-refractivity contribution in [1.82, 2.24) is 15.1 Å². The van der Waals surface area contributed by atoms with E-state index in [0.717, 1.165) is 0 Å². The summed E-state index contributed by atoms with van der Waals surface area (Å²) >= 11 is 1.26. The number of amides is 2. The summed E-state index contributed by atoms with van der Waals surface area (Å²) in [5.41, 5.74) is 1.31. The predicted octanol–water partition coefficient (Wildman–Crippen LogP) is 1.12. The van der Waals surface area contributed by atoms with Gasteiger partial charge in [-0.1, -0.05) is 11.3 Å². The molecule has 1 fully saturated rings. The fourth-order valence-electron chi connectivity index (χ4n) is 1.97. The lowest BCUT2D eigenvalue weighted by molar-refractivity contribution is -0.131. The van der Waals surface area contributed by atoms with Crippen molar-refractivity contribution in [2.45, 2.75) is 32.7 Å². The zero-order valence-electron chi connectivity index (χ0n) is 10.6.